The maximum absolute atomic E-state index is 4.27. The molecule has 1 aliphatic rings. The van der Waals surface area contributed by atoms with Gasteiger partial charge in [0, 0.05) is 17.5 Å². The monoisotopic (exact) mass is 227 g/mol. The topological polar surface area (TPSA) is 3.24 Å². The van der Waals surface area contributed by atoms with Crippen LogP contribution in [0.1, 0.15) is 24.1 Å². The molecule has 0 N–H and O–H groups in total. The van der Waals surface area contributed by atoms with Crippen LogP contribution in [-0.4, -0.2) is 23.2 Å². The molecule has 14 heavy (non-hydrogen) atoms. The lowest BCUT2D eigenvalue weighted by molar-refractivity contribution is 0.258. The molecule has 0 aromatic carbocycles. The average Bonchev–Trinajstić information content (AvgIpc) is 2.92. The van der Waals surface area contributed by atoms with E-state index in [2.05, 4.69) is 35.0 Å². The second-order valence-corrected chi connectivity index (χ2v) is 5.34. The van der Waals surface area contributed by atoms with E-state index in [1.165, 1.54) is 30.7 Å². The molecule has 0 amide bonds. The summed E-state index contributed by atoms with van der Waals surface area (Å²) in [6, 6.07) is 5.25. The minimum Gasteiger partial charge on any atom is -0.295 e. The SMILES string of the molecule is SCCCN(Cc1cccs1)C1CC1. The van der Waals surface area contributed by atoms with Crippen LogP contribution in [0.5, 0.6) is 0 Å². The van der Waals surface area contributed by atoms with Crippen molar-refractivity contribution in [2.45, 2.75) is 31.8 Å². The lowest BCUT2D eigenvalue weighted by atomic mass is 10.3. The molecule has 0 bridgehead atoms. The molecule has 3 heteroatoms. The highest BCUT2D eigenvalue weighted by atomic mass is 32.1. The first-order chi connectivity index (χ1) is 6.90. The van der Waals surface area contributed by atoms with Crippen molar-refractivity contribution in [3.63, 3.8) is 0 Å². The van der Waals surface area contributed by atoms with Gasteiger partial charge < -0.3 is 0 Å². The number of rotatable bonds is 6. The van der Waals surface area contributed by atoms with Gasteiger partial charge >= 0.3 is 0 Å². The molecule has 1 nitrogen and oxygen atoms in total. The summed E-state index contributed by atoms with van der Waals surface area (Å²) < 4.78 is 0. The number of hydrogen-bond donors (Lipinski definition) is 1. The van der Waals surface area contributed by atoms with Crippen LogP contribution >= 0.6 is 24.0 Å². The van der Waals surface area contributed by atoms with Crippen molar-refractivity contribution in [3.8, 4) is 0 Å². The largest absolute Gasteiger partial charge is 0.295 e. The second kappa shape index (κ2) is 5.19. The quantitative estimate of drug-likeness (QED) is 0.731. The van der Waals surface area contributed by atoms with Crippen LogP contribution in [0.3, 0.4) is 0 Å². The highest BCUT2D eigenvalue weighted by Gasteiger charge is 2.28. The summed E-state index contributed by atoms with van der Waals surface area (Å²) in [5.41, 5.74) is 0. The normalized spacial score (nSPS) is 16.4. The molecular weight excluding hydrogens is 210 g/mol. The van der Waals surface area contributed by atoms with Gasteiger partial charge in [-0.15, -0.1) is 11.3 Å². The molecule has 0 spiro atoms. The van der Waals surface area contributed by atoms with Crippen LogP contribution in [0.25, 0.3) is 0 Å². The van der Waals surface area contributed by atoms with Gasteiger partial charge in [-0.25, -0.2) is 0 Å². The van der Waals surface area contributed by atoms with Gasteiger partial charge in [0.25, 0.3) is 0 Å². The Bertz CT molecular complexity index is 254. The molecule has 78 valence electrons. The summed E-state index contributed by atoms with van der Waals surface area (Å²) in [5.74, 6) is 1.01. The molecule has 0 atom stereocenters. The fraction of sp³-hybridized carbons (Fsp3) is 0.636. The van der Waals surface area contributed by atoms with Crippen LogP contribution in [0, 0.1) is 0 Å². The molecule has 1 aliphatic carbocycles. The second-order valence-electron chi connectivity index (χ2n) is 3.86. The van der Waals surface area contributed by atoms with Gasteiger partial charge in [-0.3, -0.25) is 4.90 Å². The summed E-state index contributed by atoms with van der Waals surface area (Å²) >= 11 is 6.14. The Morgan fingerprint density at radius 3 is 2.93 bits per heavy atom. The van der Waals surface area contributed by atoms with Crippen LogP contribution in [0.4, 0.5) is 0 Å². The Morgan fingerprint density at radius 2 is 2.36 bits per heavy atom. The molecule has 1 fully saturated rings. The van der Waals surface area contributed by atoms with E-state index in [4.69, 9.17) is 0 Å². The van der Waals surface area contributed by atoms with Crippen LogP contribution in [0.2, 0.25) is 0 Å². The Morgan fingerprint density at radius 1 is 1.50 bits per heavy atom. The van der Waals surface area contributed by atoms with Gasteiger partial charge in [0.2, 0.25) is 0 Å². The first-order valence-corrected chi connectivity index (χ1v) is 6.78. The van der Waals surface area contributed by atoms with Gasteiger partial charge in [-0.2, -0.15) is 12.6 Å². The third-order valence-electron chi connectivity index (χ3n) is 2.61. The Kier molecular flexibility index (Phi) is 3.90. The standard InChI is InChI=1S/C11H17NS2/c13-7-2-6-12(10-4-5-10)9-11-3-1-8-14-11/h1,3,8,10,13H,2,4-7,9H2. The summed E-state index contributed by atoms with van der Waals surface area (Å²) in [7, 11) is 0. The van der Waals surface area contributed by atoms with Crippen LogP contribution < -0.4 is 0 Å². The first kappa shape index (κ1) is 10.5. The minimum atomic E-state index is 0.872. The predicted octanol–water partition coefficient (Wildman–Crippen LogP) is 3.03. The summed E-state index contributed by atoms with van der Waals surface area (Å²) in [6.07, 6.45) is 4.01. The highest BCUT2D eigenvalue weighted by Crippen LogP contribution is 2.29. The minimum absolute atomic E-state index is 0.872. The molecule has 0 unspecified atom stereocenters. The van der Waals surface area contributed by atoms with Gasteiger partial charge in [0.1, 0.15) is 0 Å². The zero-order valence-corrected chi connectivity index (χ0v) is 10.1. The smallest absolute Gasteiger partial charge is 0.0330 e. The Balaban J connectivity index is 1.84. The number of thiol groups is 1. The molecule has 1 aromatic rings. The van der Waals surface area contributed by atoms with Crippen LogP contribution in [0.15, 0.2) is 17.5 Å². The van der Waals surface area contributed by atoms with Crippen molar-refractivity contribution >= 4 is 24.0 Å². The zero-order chi connectivity index (χ0) is 9.80. The fourth-order valence-corrected chi connectivity index (χ4v) is 2.58. The summed E-state index contributed by atoms with van der Waals surface area (Å²) in [6.45, 7) is 2.36. The molecule has 1 aromatic heterocycles. The predicted molar refractivity (Wildman–Crippen MR) is 66.2 cm³/mol. The van der Waals surface area contributed by atoms with E-state index in [1.54, 1.807) is 0 Å². The van der Waals surface area contributed by atoms with Gasteiger partial charge in [0.15, 0.2) is 0 Å². The van der Waals surface area contributed by atoms with E-state index in [1.807, 2.05) is 11.3 Å². The van der Waals surface area contributed by atoms with Crippen molar-refractivity contribution < 1.29 is 0 Å². The van der Waals surface area contributed by atoms with E-state index in [0.29, 0.717) is 0 Å². The molecular formula is C11H17NS2. The van der Waals surface area contributed by atoms with Crippen LogP contribution in [-0.2, 0) is 6.54 Å². The molecule has 0 radical (unpaired) electrons. The highest BCUT2D eigenvalue weighted by molar-refractivity contribution is 7.80. The van der Waals surface area contributed by atoms with Gasteiger partial charge in [0.05, 0.1) is 0 Å². The van der Waals surface area contributed by atoms with Crippen molar-refractivity contribution in [1.29, 1.82) is 0 Å². The van der Waals surface area contributed by atoms with Gasteiger partial charge in [-0.1, -0.05) is 6.07 Å². The average molecular weight is 227 g/mol. The maximum atomic E-state index is 4.27. The maximum Gasteiger partial charge on any atom is 0.0330 e. The van der Waals surface area contributed by atoms with E-state index < -0.39 is 0 Å². The van der Waals surface area contributed by atoms with Crippen molar-refractivity contribution in [2.24, 2.45) is 0 Å². The van der Waals surface area contributed by atoms with E-state index in [9.17, 15) is 0 Å². The van der Waals surface area contributed by atoms with Crippen molar-refractivity contribution in [3.05, 3.63) is 22.4 Å². The summed E-state index contributed by atoms with van der Waals surface area (Å²) in [5, 5.41) is 2.17. The van der Waals surface area contributed by atoms with E-state index in [-0.39, 0.29) is 0 Å². The van der Waals surface area contributed by atoms with E-state index in [0.717, 1.165) is 18.3 Å². The lowest BCUT2D eigenvalue weighted by Gasteiger charge is -2.20. The summed E-state index contributed by atoms with van der Waals surface area (Å²) in [4.78, 5) is 4.11. The molecule has 1 saturated carbocycles. The lowest BCUT2D eigenvalue weighted by Crippen LogP contribution is -2.26. The molecule has 1 heterocycles. The Hall–Kier alpha value is 0.01000. The van der Waals surface area contributed by atoms with E-state index >= 15 is 0 Å². The van der Waals surface area contributed by atoms with Gasteiger partial charge in [-0.05, 0) is 43.0 Å². The number of nitrogens with zero attached hydrogens (tertiary/aromatic N) is 1. The third-order valence-corrected chi connectivity index (χ3v) is 3.78. The van der Waals surface area contributed by atoms with Crippen molar-refractivity contribution in [2.75, 3.05) is 12.3 Å². The molecule has 2 rings (SSSR count). The first-order valence-electron chi connectivity index (χ1n) is 5.27. The fourth-order valence-electron chi connectivity index (χ4n) is 1.71. The third kappa shape index (κ3) is 3.01. The number of thiophene rings is 1. The van der Waals surface area contributed by atoms with Crippen molar-refractivity contribution in [1.82, 2.24) is 4.90 Å². The number of hydrogen-bond acceptors (Lipinski definition) is 3. The molecule has 0 saturated heterocycles. The Labute approximate surface area is 95.5 Å². The zero-order valence-electron chi connectivity index (χ0n) is 8.35. The molecule has 0 aliphatic heterocycles.